The molecule has 1 saturated heterocycles. The van der Waals surface area contributed by atoms with Crippen molar-refractivity contribution in [2.45, 2.75) is 63.3 Å². The summed E-state index contributed by atoms with van der Waals surface area (Å²) in [7, 11) is 0. The van der Waals surface area contributed by atoms with Gasteiger partial charge in [0.1, 0.15) is 43.2 Å². The lowest BCUT2D eigenvalue weighted by Gasteiger charge is -2.40. The van der Waals surface area contributed by atoms with Crippen molar-refractivity contribution in [1.29, 1.82) is 0 Å². The minimum atomic E-state index is -1.50. The first kappa shape index (κ1) is 28.1. The maximum Gasteiger partial charge on any atom is 0.323 e. The average Bonchev–Trinajstić information content (AvgIpc) is 3.59. The van der Waals surface area contributed by atoms with Gasteiger partial charge in [0, 0.05) is 23.2 Å². The summed E-state index contributed by atoms with van der Waals surface area (Å²) >= 11 is 9.68. The van der Waals surface area contributed by atoms with Gasteiger partial charge < -0.3 is 30.5 Å². The summed E-state index contributed by atoms with van der Waals surface area (Å²) in [6.07, 6.45) is -3.35. The van der Waals surface area contributed by atoms with Crippen LogP contribution >= 0.6 is 34.3 Å². The van der Waals surface area contributed by atoms with Crippen LogP contribution in [0.15, 0.2) is 41.2 Å². The summed E-state index contributed by atoms with van der Waals surface area (Å²) < 4.78 is 11.2. The zero-order valence-corrected chi connectivity index (χ0v) is 22.9. The Kier molecular flexibility index (Phi) is 9.36. The van der Waals surface area contributed by atoms with Gasteiger partial charge in [-0.05, 0) is 39.9 Å². The smallest absolute Gasteiger partial charge is 0.323 e. The maximum absolute atomic E-state index is 12.3. The van der Waals surface area contributed by atoms with Gasteiger partial charge in [0.25, 0.3) is 0 Å². The van der Waals surface area contributed by atoms with E-state index in [-0.39, 0.29) is 12.5 Å². The van der Waals surface area contributed by atoms with E-state index < -0.39 is 42.5 Å². The molecule has 1 fully saturated rings. The number of carbonyl (C=O) groups excluding carboxylic acids is 1. The number of halogens is 1. The van der Waals surface area contributed by atoms with Crippen LogP contribution in [0, 0.1) is 5.92 Å². The first-order valence-corrected chi connectivity index (χ1v) is 14.2. The lowest BCUT2D eigenvalue weighted by Crippen LogP contribution is -2.56. The molecule has 3 aromatic rings. The molecule has 0 spiro atoms. The van der Waals surface area contributed by atoms with Crippen molar-refractivity contribution in [3.05, 3.63) is 62.4 Å². The van der Waals surface area contributed by atoms with E-state index in [1.807, 2.05) is 31.5 Å². The molecule has 1 aliphatic heterocycles. The van der Waals surface area contributed by atoms with E-state index in [1.165, 1.54) is 0 Å². The van der Waals surface area contributed by atoms with E-state index in [0.717, 1.165) is 21.0 Å². The summed E-state index contributed by atoms with van der Waals surface area (Å²) in [5.74, 6) is -0.683. The van der Waals surface area contributed by atoms with Crippen molar-refractivity contribution < 1.29 is 29.6 Å². The van der Waals surface area contributed by atoms with Gasteiger partial charge in [0.05, 0.1) is 9.88 Å². The number of thiophene rings is 1. The number of ether oxygens (including phenoxy) is 2. The Bertz CT molecular complexity index is 1190. The van der Waals surface area contributed by atoms with Crippen LogP contribution in [0.5, 0.6) is 0 Å². The Morgan fingerprint density at radius 1 is 1.24 bits per heavy atom. The fourth-order valence-corrected chi connectivity index (χ4v) is 5.96. The van der Waals surface area contributed by atoms with E-state index >= 15 is 0 Å². The number of benzene rings is 1. The summed E-state index contributed by atoms with van der Waals surface area (Å²) in [6, 6.07) is 6.44. The summed E-state index contributed by atoms with van der Waals surface area (Å²) in [6.45, 7) is 3.46. The first-order chi connectivity index (χ1) is 17.7. The molecule has 2 aromatic heterocycles. The number of esters is 1. The second kappa shape index (κ2) is 12.3. The van der Waals surface area contributed by atoms with Crippen molar-refractivity contribution in [2.75, 3.05) is 6.61 Å². The van der Waals surface area contributed by atoms with Gasteiger partial charge in [-0.15, -0.1) is 11.3 Å². The first-order valence-electron chi connectivity index (χ1n) is 12.1. The van der Waals surface area contributed by atoms with Gasteiger partial charge in [-0.3, -0.25) is 4.79 Å². The zero-order valence-electron chi connectivity index (χ0n) is 20.5. The van der Waals surface area contributed by atoms with E-state index in [0.29, 0.717) is 23.4 Å². The zero-order chi connectivity index (χ0) is 26.7. The number of aliphatic hydroxyl groups is 3. The number of hydrogen-bond acceptors (Lipinski definition) is 10. The molecule has 37 heavy (non-hydrogen) atoms. The Labute approximate surface area is 228 Å². The summed E-state index contributed by atoms with van der Waals surface area (Å²) in [5, 5.41) is 37.2. The van der Waals surface area contributed by atoms with E-state index in [9.17, 15) is 20.1 Å². The van der Waals surface area contributed by atoms with Crippen molar-refractivity contribution >= 4 is 40.2 Å². The average molecular weight is 567 g/mol. The number of rotatable bonds is 9. The number of aliphatic hydroxyl groups excluding tert-OH is 3. The molecule has 200 valence electrons. The molecule has 8 nitrogen and oxygen atoms in total. The highest BCUT2D eigenvalue weighted by atomic mass is 35.5. The van der Waals surface area contributed by atoms with Crippen molar-refractivity contribution in [3.8, 4) is 10.4 Å². The number of nitrogens with two attached hydrogens (primary N) is 1. The highest BCUT2D eigenvalue weighted by molar-refractivity contribution is 7.15. The predicted octanol–water partition coefficient (Wildman–Crippen LogP) is 3.56. The van der Waals surface area contributed by atoms with Gasteiger partial charge in [-0.1, -0.05) is 44.0 Å². The number of hydrogen-bond donors (Lipinski definition) is 4. The molecule has 5 N–H and O–H groups in total. The summed E-state index contributed by atoms with van der Waals surface area (Å²) in [4.78, 5) is 17.9. The topological polar surface area (TPSA) is 135 Å². The molecule has 7 atom stereocenters. The maximum atomic E-state index is 12.3. The van der Waals surface area contributed by atoms with Crippen molar-refractivity contribution in [3.63, 3.8) is 0 Å². The standard InChI is InChI=1S/C26H31ClN2O6S2/c1-3-13(2)21(28)26(33)34-11-18-22(30)23(31)24(32)25(35-18)14-4-5-17(27)16(8-14)9-20-29-10-19(37-20)15-6-7-36-12-15/h4-8,10,12-13,18,21-25,30-32H,3,9,11,28H2,1-2H3/t13-,18+,21-,22+,23-,24+,25-/m0/s1. The third-order valence-corrected chi connectivity index (χ3v) is 8.83. The third kappa shape index (κ3) is 6.40. The molecule has 3 heterocycles. The number of aromatic nitrogens is 1. The van der Waals surface area contributed by atoms with Crippen LogP contribution in [0.2, 0.25) is 5.02 Å². The van der Waals surface area contributed by atoms with Gasteiger partial charge >= 0.3 is 5.97 Å². The minimum absolute atomic E-state index is 0.0727. The largest absolute Gasteiger partial charge is 0.462 e. The van der Waals surface area contributed by atoms with E-state index in [2.05, 4.69) is 10.4 Å². The quantitative estimate of drug-likeness (QED) is 0.289. The lowest BCUT2D eigenvalue weighted by atomic mass is 9.90. The Hall–Kier alpha value is -1.89. The Balaban J connectivity index is 1.49. The molecule has 1 aromatic carbocycles. The lowest BCUT2D eigenvalue weighted by molar-refractivity contribution is -0.234. The molecule has 11 heteroatoms. The van der Waals surface area contributed by atoms with Crippen LogP contribution in [0.25, 0.3) is 10.4 Å². The molecular weight excluding hydrogens is 536 g/mol. The Morgan fingerprint density at radius 2 is 2.03 bits per heavy atom. The highest BCUT2D eigenvalue weighted by Crippen LogP contribution is 2.35. The van der Waals surface area contributed by atoms with Gasteiger partial charge in [-0.25, -0.2) is 4.98 Å². The van der Waals surface area contributed by atoms with Crippen molar-refractivity contribution in [1.82, 2.24) is 4.98 Å². The van der Waals surface area contributed by atoms with Crippen LogP contribution in [0.3, 0.4) is 0 Å². The van der Waals surface area contributed by atoms with Crippen LogP contribution in [-0.4, -0.2) is 63.3 Å². The SMILES string of the molecule is CC[C@H](C)[C@H](N)C(=O)OC[C@H]1O[C@@H](c2ccc(Cl)c(Cc3ncc(-c4ccsc4)s3)c2)[C@H](O)[C@@H](O)[C@@H]1O. The number of thiazole rings is 1. The van der Waals surface area contributed by atoms with E-state index in [4.69, 9.17) is 26.8 Å². The van der Waals surface area contributed by atoms with Crippen molar-refractivity contribution in [2.24, 2.45) is 11.7 Å². The van der Waals surface area contributed by atoms with E-state index in [1.54, 1.807) is 40.9 Å². The molecule has 0 saturated carbocycles. The monoisotopic (exact) mass is 566 g/mol. The second-order valence-corrected chi connectivity index (χ2v) is 11.6. The predicted molar refractivity (Wildman–Crippen MR) is 144 cm³/mol. The fraction of sp³-hybridized carbons (Fsp3) is 0.462. The molecule has 0 radical (unpaired) electrons. The Morgan fingerprint density at radius 3 is 2.73 bits per heavy atom. The normalized spacial score (nSPS) is 25.5. The minimum Gasteiger partial charge on any atom is -0.462 e. The van der Waals surface area contributed by atoms with Gasteiger partial charge in [0.15, 0.2) is 0 Å². The highest BCUT2D eigenvalue weighted by Gasteiger charge is 2.45. The number of carbonyl (C=O) groups is 1. The molecular formula is C26H31ClN2O6S2. The molecule has 0 unspecified atom stereocenters. The molecule has 0 amide bonds. The molecule has 0 bridgehead atoms. The molecule has 4 rings (SSSR count). The van der Waals surface area contributed by atoms with Gasteiger partial charge in [0.2, 0.25) is 0 Å². The molecule has 0 aliphatic carbocycles. The van der Waals surface area contributed by atoms with Crippen LogP contribution in [0.1, 0.15) is 42.5 Å². The number of nitrogens with zero attached hydrogens (tertiary/aromatic N) is 1. The summed E-state index contributed by atoms with van der Waals surface area (Å²) in [5.41, 5.74) is 8.40. The van der Waals surface area contributed by atoms with Crippen LogP contribution in [-0.2, 0) is 20.7 Å². The molecule has 1 aliphatic rings. The van der Waals surface area contributed by atoms with Gasteiger partial charge in [-0.2, -0.15) is 11.3 Å². The fourth-order valence-electron chi connectivity index (χ4n) is 4.11. The van der Waals surface area contributed by atoms with Crippen LogP contribution in [0.4, 0.5) is 0 Å². The third-order valence-electron chi connectivity index (χ3n) is 6.73. The van der Waals surface area contributed by atoms with Crippen LogP contribution < -0.4 is 5.73 Å². The second-order valence-electron chi connectivity index (χ2n) is 9.27.